The number of carbonyl (C=O) groups excluding carboxylic acids is 4. The molecule has 0 radical (unpaired) electrons. The van der Waals surface area contributed by atoms with Gasteiger partial charge in [-0.2, -0.15) is 0 Å². The fourth-order valence-electron chi connectivity index (χ4n) is 2.62. The van der Waals surface area contributed by atoms with Crippen LogP contribution in [0.15, 0.2) is 18.2 Å². The molecule has 9 nitrogen and oxygen atoms in total. The summed E-state index contributed by atoms with van der Waals surface area (Å²) in [6, 6.07) is 3.61. The van der Waals surface area contributed by atoms with Crippen LogP contribution in [0.1, 0.15) is 88.1 Å². The van der Waals surface area contributed by atoms with E-state index in [1.807, 2.05) is 6.92 Å². The van der Waals surface area contributed by atoms with Crippen LogP contribution < -0.4 is 15.2 Å². The fraction of sp³-hybridized carbons (Fsp3) is 0.655. The number of nitrogens with two attached hydrogens (primary N) is 1. The second-order valence-corrected chi connectivity index (χ2v) is 12.4. The lowest BCUT2D eigenvalue weighted by molar-refractivity contribution is -0.172. The van der Waals surface area contributed by atoms with Crippen molar-refractivity contribution >= 4 is 23.9 Å². The van der Waals surface area contributed by atoms with E-state index in [0.717, 1.165) is 0 Å². The Morgan fingerprint density at radius 2 is 1.24 bits per heavy atom. The van der Waals surface area contributed by atoms with E-state index < -0.39 is 52.4 Å². The highest BCUT2D eigenvalue weighted by molar-refractivity contribution is 5.81. The van der Waals surface area contributed by atoms with E-state index in [1.54, 1.807) is 75.3 Å². The number of hydrogen-bond donors (Lipinski definition) is 1. The first-order valence-corrected chi connectivity index (χ1v) is 12.9. The van der Waals surface area contributed by atoms with Crippen molar-refractivity contribution in [2.24, 2.45) is 22.0 Å². The molecule has 0 spiro atoms. The Morgan fingerprint density at radius 1 is 0.763 bits per heavy atom. The van der Waals surface area contributed by atoms with Crippen LogP contribution in [0.2, 0.25) is 0 Å². The molecule has 0 saturated heterocycles. The highest BCUT2D eigenvalue weighted by Gasteiger charge is 2.32. The molecule has 0 unspecified atom stereocenters. The summed E-state index contributed by atoms with van der Waals surface area (Å²) in [5, 5.41) is 0. The van der Waals surface area contributed by atoms with Crippen molar-refractivity contribution in [1.82, 2.24) is 0 Å². The average Bonchev–Trinajstić information content (AvgIpc) is 2.78. The summed E-state index contributed by atoms with van der Waals surface area (Å²) in [7, 11) is 0. The third kappa shape index (κ3) is 9.74. The van der Waals surface area contributed by atoms with Gasteiger partial charge in [0.1, 0.15) is 18.2 Å². The maximum absolute atomic E-state index is 12.7. The maximum atomic E-state index is 12.7. The van der Waals surface area contributed by atoms with Gasteiger partial charge in [0.25, 0.3) is 0 Å². The fourth-order valence-corrected chi connectivity index (χ4v) is 2.62. The van der Waals surface area contributed by atoms with Crippen LogP contribution in [0.25, 0.3) is 0 Å². The molecule has 0 bridgehead atoms. The molecule has 3 atom stereocenters. The van der Waals surface area contributed by atoms with Gasteiger partial charge >= 0.3 is 23.9 Å². The van der Waals surface area contributed by atoms with E-state index in [0.29, 0.717) is 12.0 Å². The number of hydrogen-bond acceptors (Lipinski definition) is 9. The van der Waals surface area contributed by atoms with Gasteiger partial charge in [-0.1, -0.05) is 13.0 Å². The third-order valence-electron chi connectivity index (χ3n) is 6.09. The molecule has 1 aromatic rings. The zero-order valence-corrected chi connectivity index (χ0v) is 24.7. The summed E-state index contributed by atoms with van der Waals surface area (Å²) in [5.41, 5.74) is 4.46. The van der Waals surface area contributed by atoms with Gasteiger partial charge in [-0.3, -0.25) is 19.2 Å². The van der Waals surface area contributed by atoms with Gasteiger partial charge in [-0.25, -0.2) is 0 Å². The SMILES string of the molecule is CCC(C)(C)C(=O)O[C@@H](C)[C@H](C)OC(=O)[C@@H](N)Cc1ccc(OC(=O)C(C)(C)C)c(OC(=O)C(C)(C)C)c1. The van der Waals surface area contributed by atoms with Crippen LogP contribution in [0, 0.1) is 16.2 Å². The smallest absolute Gasteiger partial charge is 0.323 e. The molecular weight excluding hydrogens is 490 g/mol. The van der Waals surface area contributed by atoms with E-state index in [4.69, 9.17) is 24.7 Å². The summed E-state index contributed by atoms with van der Waals surface area (Å²) < 4.78 is 22.0. The molecule has 0 aromatic heterocycles. The molecule has 2 N–H and O–H groups in total. The Kier molecular flexibility index (Phi) is 11.1. The molecule has 38 heavy (non-hydrogen) atoms. The number of carbonyl (C=O) groups is 4. The number of benzene rings is 1. The third-order valence-corrected chi connectivity index (χ3v) is 6.09. The lowest BCUT2D eigenvalue weighted by Gasteiger charge is -2.27. The van der Waals surface area contributed by atoms with Crippen molar-refractivity contribution in [3.8, 4) is 11.5 Å². The minimum Gasteiger partial charge on any atom is -0.458 e. The van der Waals surface area contributed by atoms with Crippen molar-refractivity contribution in [3.63, 3.8) is 0 Å². The van der Waals surface area contributed by atoms with E-state index in [9.17, 15) is 19.2 Å². The van der Waals surface area contributed by atoms with Crippen molar-refractivity contribution in [1.29, 1.82) is 0 Å². The van der Waals surface area contributed by atoms with Crippen molar-refractivity contribution in [3.05, 3.63) is 23.8 Å². The largest absolute Gasteiger partial charge is 0.458 e. The van der Waals surface area contributed by atoms with Crippen LogP contribution in [0.4, 0.5) is 0 Å². The lowest BCUT2D eigenvalue weighted by atomic mass is 9.90. The van der Waals surface area contributed by atoms with Crippen LogP contribution in [0.5, 0.6) is 11.5 Å². The molecule has 214 valence electrons. The van der Waals surface area contributed by atoms with Crippen LogP contribution in [0.3, 0.4) is 0 Å². The molecule has 0 fully saturated rings. The quantitative estimate of drug-likeness (QED) is 0.333. The summed E-state index contributed by atoms with van der Waals surface area (Å²) >= 11 is 0. The molecule has 9 heteroatoms. The molecule has 0 aliphatic heterocycles. The normalized spacial score (nSPS) is 14.6. The monoisotopic (exact) mass is 535 g/mol. The van der Waals surface area contributed by atoms with Crippen molar-refractivity contribution in [2.75, 3.05) is 0 Å². The Balaban J connectivity index is 3.01. The molecule has 0 aliphatic carbocycles. The molecule has 1 aromatic carbocycles. The Labute approximate surface area is 226 Å². The van der Waals surface area contributed by atoms with Crippen LogP contribution in [-0.2, 0) is 35.1 Å². The first-order valence-electron chi connectivity index (χ1n) is 12.9. The predicted octanol–water partition coefficient (Wildman–Crippen LogP) is 4.76. The van der Waals surface area contributed by atoms with E-state index >= 15 is 0 Å². The number of rotatable bonds is 10. The molecule has 0 heterocycles. The second-order valence-electron chi connectivity index (χ2n) is 12.4. The second kappa shape index (κ2) is 12.7. The van der Waals surface area contributed by atoms with Gasteiger partial charge in [-0.15, -0.1) is 0 Å². The molecular formula is C29H45NO8. The van der Waals surface area contributed by atoms with Gasteiger partial charge < -0.3 is 24.7 Å². The first kappa shape index (κ1) is 33.1. The molecule has 1 rings (SSSR count). The van der Waals surface area contributed by atoms with E-state index in [2.05, 4.69) is 0 Å². The topological polar surface area (TPSA) is 131 Å². The highest BCUT2D eigenvalue weighted by atomic mass is 16.6. The molecule has 0 saturated carbocycles. The van der Waals surface area contributed by atoms with Crippen LogP contribution >= 0.6 is 0 Å². The lowest BCUT2D eigenvalue weighted by Crippen LogP contribution is -2.40. The summed E-state index contributed by atoms with van der Waals surface area (Å²) in [6.07, 6.45) is -0.702. The zero-order valence-electron chi connectivity index (χ0n) is 24.7. The predicted molar refractivity (Wildman–Crippen MR) is 143 cm³/mol. The van der Waals surface area contributed by atoms with Gasteiger partial charge in [0.2, 0.25) is 0 Å². The van der Waals surface area contributed by atoms with Gasteiger partial charge in [0, 0.05) is 0 Å². The van der Waals surface area contributed by atoms with Gasteiger partial charge in [0.05, 0.1) is 16.2 Å². The minimum absolute atomic E-state index is 0.0491. The average molecular weight is 536 g/mol. The minimum atomic E-state index is -1.04. The summed E-state index contributed by atoms with van der Waals surface area (Å²) in [4.78, 5) is 50.0. The Hall–Kier alpha value is -2.94. The van der Waals surface area contributed by atoms with Crippen molar-refractivity contribution < 1.29 is 38.1 Å². The van der Waals surface area contributed by atoms with Gasteiger partial charge in [0.15, 0.2) is 11.5 Å². The van der Waals surface area contributed by atoms with Crippen LogP contribution in [-0.4, -0.2) is 42.1 Å². The first-order chi connectivity index (χ1) is 17.2. The standard InChI is InChI=1S/C29H45NO8/c1-12-29(10,11)26(34)36-18(3)17(2)35-23(31)20(30)15-19-13-14-21(37-24(32)27(4,5)6)22(16-19)38-25(33)28(7,8)9/h13-14,16-18,20H,12,15,30H2,1-11H3/t17-,18-,20-/m0/s1. The molecule has 0 aliphatic rings. The van der Waals surface area contributed by atoms with E-state index in [-0.39, 0.29) is 23.9 Å². The van der Waals surface area contributed by atoms with E-state index in [1.165, 1.54) is 12.1 Å². The maximum Gasteiger partial charge on any atom is 0.323 e. The summed E-state index contributed by atoms with van der Waals surface area (Å²) in [6.45, 7) is 19.0. The Morgan fingerprint density at radius 3 is 1.71 bits per heavy atom. The van der Waals surface area contributed by atoms with Crippen molar-refractivity contribution in [2.45, 2.75) is 107 Å². The molecule has 0 amide bonds. The van der Waals surface area contributed by atoms with Gasteiger partial charge in [-0.05, 0) is 99.8 Å². The highest BCUT2D eigenvalue weighted by Crippen LogP contribution is 2.33. The Bertz CT molecular complexity index is 1020. The zero-order chi connectivity index (χ0) is 29.6. The number of ether oxygens (including phenoxy) is 4. The number of esters is 4. The summed E-state index contributed by atoms with van der Waals surface area (Å²) in [5.74, 6) is -1.93.